The largest absolute Gasteiger partial charge is 0.396 e. The van der Waals surface area contributed by atoms with Gasteiger partial charge in [0.25, 0.3) is 0 Å². The first-order valence-electron chi connectivity index (χ1n) is 3.53. The Bertz CT molecular complexity index is 201. The van der Waals surface area contributed by atoms with Gasteiger partial charge in [0.2, 0.25) is 0 Å². The van der Waals surface area contributed by atoms with E-state index in [1.807, 2.05) is 0 Å². The molecule has 0 bridgehead atoms. The molecule has 1 heterocycles. The van der Waals surface area contributed by atoms with Crippen LogP contribution in [0, 0.1) is 0 Å². The molecule has 0 saturated heterocycles. The molecular formula is C8H11NO2. The fourth-order valence-corrected chi connectivity index (χ4v) is 0.875. The molecular weight excluding hydrogens is 142 g/mol. The van der Waals surface area contributed by atoms with Crippen molar-refractivity contribution in [1.29, 1.82) is 0 Å². The van der Waals surface area contributed by atoms with Gasteiger partial charge in [-0.2, -0.15) is 0 Å². The molecule has 0 aliphatic rings. The van der Waals surface area contributed by atoms with E-state index in [-0.39, 0.29) is 6.61 Å². The molecule has 60 valence electrons. The monoisotopic (exact) mass is 153 g/mol. The van der Waals surface area contributed by atoms with E-state index >= 15 is 0 Å². The third-order valence-electron chi connectivity index (χ3n) is 1.49. The fraction of sp³-hybridized carbons (Fsp3) is 0.375. The Kier molecular flexibility index (Phi) is 3.01. The zero-order valence-electron chi connectivity index (χ0n) is 6.14. The molecule has 0 aliphatic carbocycles. The zero-order valence-corrected chi connectivity index (χ0v) is 6.14. The summed E-state index contributed by atoms with van der Waals surface area (Å²) in [5, 5.41) is 17.9. The maximum absolute atomic E-state index is 9.33. The molecule has 1 aromatic heterocycles. The van der Waals surface area contributed by atoms with Gasteiger partial charge in [0.15, 0.2) is 0 Å². The summed E-state index contributed by atoms with van der Waals surface area (Å²) in [5.41, 5.74) is 0.800. The molecule has 1 rings (SSSR count). The highest BCUT2D eigenvalue weighted by Crippen LogP contribution is 2.13. The summed E-state index contributed by atoms with van der Waals surface area (Å²) in [5.74, 6) is 0. The molecule has 0 radical (unpaired) electrons. The molecule has 0 unspecified atom stereocenters. The van der Waals surface area contributed by atoms with Crippen LogP contribution in [-0.4, -0.2) is 21.8 Å². The van der Waals surface area contributed by atoms with Crippen LogP contribution in [0.5, 0.6) is 0 Å². The van der Waals surface area contributed by atoms with Crippen molar-refractivity contribution in [2.24, 2.45) is 0 Å². The second kappa shape index (κ2) is 4.05. The Labute approximate surface area is 65.3 Å². The van der Waals surface area contributed by atoms with Crippen LogP contribution in [0.25, 0.3) is 0 Å². The molecule has 0 amide bonds. The van der Waals surface area contributed by atoms with E-state index in [9.17, 15) is 5.11 Å². The lowest BCUT2D eigenvalue weighted by Crippen LogP contribution is -1.99. The number of pyridine rings is 1. The lowest BCUT2D eigenvalue weighted by Gasteiger charge is -2.07. The molecule has 3 nitrogen and oxygen atoms in total. The van der Waals surface area contributed by atoms with Crippen molar-refractivity contribution in [3.8, 4) is 0 Å². The first kappa shape index (κ1) is 8.17. The fourth-order valence-electron chi connectivity index (χ4n) is 0.875. The quantitative estimate of drug-likeness (QED) is 0.664. The second-order valence-electron chi connectivity index (χ2n) is 2.31. The van der Waals surface area contributed by atoms with E-state index in [1.54, 1.807) is 24.5 Å². The average molecular weight is 153 g/mol. The van der Waals surface area contributed by atoms with Crippen LogP contribution in [0.15, 0.2) is 24.5 Å². The Morgan fingerprint density at radius 2 is 2.00 bits per heavy atom. The van der Waals surface area contributed by atoms with Crippen LogP contribution in [0.3, 0.4) is 0 Å². The minimum Gasteiger partial charge on any atom is -0.396 e. The van der Waals surface area contributed by atoms with Crippen molar-refractivity contribution in [2.45, 2.75) is 12.5 Å². The maximum Gasteiger partial charge on any atom is 0.0813 e. The van der Waals surface area contributed by atoms with Gasteiger partial charge in [0.1, 0.15) is 0 Å². The lowest BCUT2D eigenvalue weighted by atomic mass is 10.1. The van der Waals surface area contributed by atoms with E-state index in [2.05, 4.69) is 4.98 Å². The summed E-state index contributed by atoms with van der Waals surface area (Å²) in [4.78, 5) is 3.81. The number of aliphatic hydroxyl groups excluding tert-OH is 2. The van der Waals surface area contributed by atoms with Crippen molar-refractivity contribution < 1.29 is 10.2 Å². The maximum atomic E-state index is 9.33. The normalized spacial score (nSPS) is 12.9. The number of hydrogen-bond donors (Lipinski definition) is 2. The Morgan fingerprint density at radius 3 is 2.55 bits per heavy atom. The molecule has 11 heavy (non-hydrogen) atoms. The van der Waals surface area contributed by atoms with Crippen LogP contribution in [-0.2, 0) is 0 Å². The molecule has 0 fully saturated rings. The van der Waals surface area contributed by atoms with Crippen molar-refractivity contribution in [1.82, 2.24) is 4.98 Å². The van der Waals surface area contributed by atoms with Gasteiger partial charge >= 0.3 is 0 Å². The predicted molar refractivity (Wildman–Crippen MR) is 40.9 cm³/mol. The van der Waals surface area contributed by atoms with Gasteiger partial charge < -0.3 is 10.2 Å². The summed E-state index contributed by atoms with van der Waals surface area (Å²) in [7, 11) is 0. The standard InChI is InChI=1S/C8H11NO2/c10-6-3-8(11)7-1-4-9-5-2-7/h1-2,4-5,8,10-11H,3,6H2/t8-/m1/s1. The first-order chi connectivity index (χ1) is 5.34. The predicted octanol–water partition coefficient (Wildman–Crippen LogP) is 0.497. The minimum atomic E-state index is -0.567. The third-order valence-corrected chi connectivity index (χ3v) is 1.49. The van der Waals surface area contributed by atoms with Crippen LogP contribution in [0.2, 0.25) is 0 Å². The van der Waals surface area contributed by atoms with Crippen LogP contribution >= 0.6 is 0 Å². The highest BCUT2D eigenvalue weighted by atomic mass is 16.3. The van der Waals surface area contributed by atoms with Gasteiger partial charge in [-0.05, 0) is 17.7 Å². The summed E-state index contributed by atoms with van der Waals surface area (Å²) in [6.45, 7) is 0.00346. The van der Waals surface area contributed by atoms with E-state index in [4.69, 9.17) is 5.11 Å². The highest BCUT2D eigenvalue weighted by molar-refractivity contribution is 5.12. The van der Waals surface area contributed by atoms with E-state index in [1.165, 1.54) is 0 Å². The second-order valence-corrected chi connectivity index (χ2v) is 2.31. The SMILES string of the molecule is OCC[C@@H](O)c1ccncc1. The van der Waals surface area contributed by atoms with Gasteiger partial charge in [-0.15, -0.1) is 0 Å². The molecule has 0 aliphatic heterocycles. The number of nitrogens with zero attached hydrogens (tertiary/aromatic N) is 1. The van der Waals surface area contributed by atoms with Gasteiger partial charge in [0.05, 0.1) is 6.10 Å². The molecule has 2 N–H and O–H groups in total. The minimum absolute atomic E-state index is 0.00346. The van der Waals surface area contributed by atoms with Crippen molar-refractivity contribution in [2.75, 3.05) is 6.61 Å². The highest BCUT2D eigenvalue weighted by Gasteiger charge is 2.04. The van der Waals surface area contributed by atoms with E-state index in [0.717, 1.165) is 5.56 Å². The number of aromatic nitrogens is 1. The van der Waals surface area contributed by atoms with Crippen molar-refractivity contribution >= 4 is 0 Å². The lowest BCUT2D eigenvalue weighted by molar-refractivity contribution is 0.134. The molecule has 1 atom stereocenters. The van der Waals surface area contributed by atoms with Gasteiger partial charge in [-0.3, -0.25) is 4.98 Å². The van der Waals surface area contributed by atoms with Crippen LogP contribution < -0.4 is 0 Å². The van der Waals surface area contributed by atoms with Gasteiger partial charge in [0, 0.05) is 25.4 Å². The average Bonchev–Trinajstić information content (AvgIpc) is 2.07. The molecule has 0 aromatic carbocycles. The van der Waals surface area contributed by atoms with Gasteiger partial charge in [-0.1, -0.05) is 0 Å². The number of aliphatic hydroxyl groups is 2. The first-order valence-corrected chi connectivity index (χ1v) is 3.53. The van der Waals surface area contributed by atoms with Crippen molar-refractivity contribution in [3.05, 3.63) is 30.1 Å². The third kappa shape index (κ3) is 2.29. The van der Waals surface area contributed by atoms with Crippen LogP contribution in [0.4, 0.5) is 0 Å². The smallest absolute Gasteiger partial charge is 0.0813 e. The van der Waals surface area contributed by atoms with Crippen molar-refractivity contribution in [3.63, 3.8) is 0 Å². The Morgan fingerprint density at radius 1 is 1.36 bits per heavy atom. The number of hydrogen-bond acceptors (Lipinski definition) is 3. The van der Waals surface area contributed by atoms with Crippen LogP contribution in [0.1, 0.15) is 18.1 Å². The molecule has 0 spiro atoms. The summed E-state index contributed by atoms with van der Waals surface area (Å²) < 4.78 is 0. The van der Waals surface area contributed by atoms with E-state index < -0.39 is 6.10 Å². The Hall–Kier alpha value is -0.930. The summed E-state index contributed by atoms with van der Waals surface area (Å²) in [6, 6.07) is 3.47. The molecule has 0 saturated carbocycles. The zero-order chi connectivity index (χ0) is 8.10. The Balaban J connectivity index is 2.61. The van der Waals surface area contributed by atoms with E-state index in [0.29, 0.717) is 6.42 Å². The van der Waals surface area contributed by atoms with Gasteiger partial charge in [-0.25, -0.2) is 0 Å². The number of rotatable bonds is 3. The summed E-state index contributed by atoms with van der Waals surface area (Å²) >= 11 is 0. The molecule has 1 aromatic rings. The summed E-state index contributed by atoms with van der Waals surface area (Å²) in [6.07, 6.45) is 3.05. The topological polar surface area (TPSA) is 53.4 Å². The molecule has 3 heteroatoms.